The minimum absolute atomic E-state index is 0.0209. The lowest BCUT2D eigenvalue weighted by molar-refractivity contribution is -0.133. The number of carbonyl (C=O) groups is 2. The van der Waals surface area contributed by atoms with Crippen molar-refractivity contribution in [2.75, 3.05) is 26.2 Å². The van der Waals surface area contributed by atoms with Crippen LogP contribution in [0.4, 0.5) is 4.39 Å². The fraction of sp³-hybridized carbons (Fsp3) is 0.467. The molecule has 1 saturated heterocycles. The molecule has 2 N–H and O–H groups in total. The summed E-state index contributed by atoms with van der Waals surface area (Å²) in [5.41, 5.74) is 0.225. The topological polar surface area (TPSA) is 61.4 Å². The first-order valence-corrected chi connectivity index (χ1v) is 8.02. The van der Waals surface area contributed by atoms with Crippen molar-refractivity contribution >= 4 is 27.7 Å². The summed E-state index contributed by atoms with van der Waals surface area (Å²) < 4.78 is 13.7. The largest absolute Gasteiger partial charge is 0.351 e. The number of nitrogens with one attached hydrogen (secondary N) is 2. The summed E-state index contributed by atoms with van der Waals surface area (Å²) in [4.78, 5) is 25.9. The Morgan fingerprint density at radius 1 is 1.50 bits per heavy atom. The maximum atomic E-state index is 13.2. The van der Waals surface area contributed by atoms with E-state index >= 15 is 0 Å². The molecule has 1 aliphatic rings. The standard InChI is InChI=1S/C15H19BrFN3O2/c1-10-9-18-6-7-20(10)14(21)4-5-19-15(22)12-8-11(17)2-3-13(12)16/h2-3,8,10,18H,4-7,9H2,1H3,(H,19,22)/t10-/m0/s1. The van der Waals surface area contributed by atoms with Crippen LogP contribution >= 0.6 is 15.9 Å². The Hall–Kier alpha value is -1.47. The average Bonchev–Trinajstić information content (AvgIpc) is 2.49. The molecule has 1 aliphatic heterocycles. The van der Waals surface area contributed by atoms with Gasteiger partial charge < -0.3 is 15.5 Å². The summed E-state index contributed by atoms with van der Waals surface area (Å²) in [5, 5.41) is 5.88. The van der Waals surface area contributed by atoms with Gasteiger partial charge in [0.05, 0.1) is 5.56 Å². The van der Waals surface area contributed by atoms with Crippen LogP contribution < -0.4 is 10.6 Å². The summed E-state index contributed by atoms with van der Waals surface area (Å²) in [6.07, 6.45) is 0.239. The molecule has 0 aromatic heterocycles. The zero-order valence-corrected chi connectivity index (χ0v) is 14.0. The maximum Gasteiger partial charge on any atom is 0.252 e. The molecule has 5 nitrogen and oxygen atoms in total. The summed E-state index contributed by atoms with van der Waals surface area (Å²) in [7, 11) is 0. The van der Waals surface area contributed by atoms with Gasteiger partial charge >= 0.3 is 0 Å². The zero-order chi connectivity index (χ0) is 16.1. The minimum atomic E-state index is -0.473. The lowest BCUT2D eigenvalue weighted by Gasteiger charge is -2.34. The van der Waals surface area contributed by atoms with Crippen molar-refractivity contribution in [2.24, 2.45) is 0 Å². The minimum Gasteiger partial charge on any atom is -0.351 e. The second kappa shape index (κ2) is 7.69. The van der Waals surface area contributed by atoms with Crippen LogP contribution in [0.2, 0.25) is 0 Å². The van der Waals surface area contributed by atoms with Crippen molar-refractivity contribution in [2.45, 2.75) is 19.4 Å². The van der Waals surface area contributed by atoms with Crippen molar-refractivity contribution < 1.29 is 14.0 Å². The van der Waals surface area contributed by atoms with Crippen molar-refractivity contribution in [1.29, 1.82) is 0 Å². The van der Waals surface area contributed by atoms with E-state index in [1.807, 2.05) is 11.8 Å². The van der Waals surface area contributed by atoms with Crippen LogP contribution in [-0.4, -0.2) is 48.9 Å². The van der Waals surface area contributed by atoms with E-state index in [-0.39, 0.29) is 30.5 Å². The van der Waals surface area contributed by atoms with Gasteiger partial charge in [-0.3, -0.25) is 9.59 Å². The summed E-state index contributed by atoms with van der Waals surface area (Å²) in [6, 6.07) is 4.09. The lowest BCUT2D eigenvalue weighted by Crippen LogP contribution is -2.52. The number of hydrogen-bond acceptors (Lipinski definition) is 3. The number of rotatable bonds is 4. The number of amides is 2. The number of hydrogen-bond donors (Lipinski definition) is 2. The molecular formula is C15H19BrFN3O2. The van der Waals surface area contributed by atoms with Gasteiger partial charge in [-0.05, 0) is 41.1 Å². The summed E-state index contributed by atoms with van der Waals surface area (Å²) in [6.45, 7) is 4.49. The molecule has 1 fully saturated rings. The maximum absolute atomic E-state index is 13.2. The van der Waals surface area contributed by atoms with E-state index in [1.165, 1.54) is 18.2 Å². The Balaban J connectivity index is 1.84. The molecular weight excluding hydrogens is 353 g/mol. The Bertz CT molecular complexity index is 568. The molecule has 1 aromatic carbocycles. The smallest absolute Gasteiger partial charge is 0.252 e. The third kappa shape index (κ3) is 4.27. The number of carbonyl (C=O) groups excluding carboxylic acids is 2. The second-order valence-electron chi connectivity index (χ2n) is 5.27. The first kappa shape index (κ1) is 16.9. The van der Waals surface area contributed by atoms with Crippen molar-refractivity contribution in [3.05, 3.63) is 34.1 Å². The van der Waals surface area contributed by atoms with E-state index < -0.39 is 11.7 Å². The number of benzene rings is 1. The second-order valence-corrected chi connectivity index (χ2v) is 6.12. The van der Waals surface area contributed by atoms with Gasteiger partial charge in [0, 0.05) is 43.1 Å². The van der Waals surface area contributed by atoms with Crippen LogP contribution in [0.3, 0.4) is 0 Å². The lowest BCUT2D eigenvalue weighted by atomic mass is 10.2. The molecule has 120 valence electrons. The highest BCUT2D eigenvalue weighted by Gasteiger charge is 2.22. The molecule has 0 radical (unpaired) electrons. The third-order valence-corrected chi connectivity index (χ3v) is 4.31. The van der Waals surface area contributed by atoms with Gasteiger partial charge in [-0.15, -0.1) is 0 Å². The molecule has 2 amide bonds. The highest BCUT2D eigenvalue weighted by atomic mass is 79.9. The van der Waals surface area contributed by atoms with Crippen LogP contribution in [0.1, 0.15) is 23.7 Å². The molecule has 0 saturated carbocycles. The van der Waals surface area contributed by atoms with Crippen LogP contribution in [0.15, 0.2) is 22.7 Å². The normalized spacial score (nSPS) is 18.1. The summed E-state index contributed by atoms with van der Waals surface area (Å²) in [5.74, 6) is -0.848. The molecule has 1 heterocycles. The molecule has 7 heteroatoms. The quantitative estimate of drug-likeness (QED) is 0.843. The van der Waals surface area contributed by atoms with E-state index in [4.69, 9.17) is 0 Å². The first-order valence-electron chi connectivity index (χ1n) is 7.22. The van der Waals surface area contributed by atoms with Gasteiger partial charge in [0.15, 0.2) is 0 Å². The van der Waals surface area contributed by atoms with Gasteiger partial charge in [-0.2, -0.15) is 0 Å². The highest BCUT2D eigenvalue weighted by Crippen LogP contribution is 2.17. The van der Waals surface area contributed by atoms with E-state index in [0.29, 0.717) is 11.0 Å². The van der Waals surface area contributed by atoms with Crippen molar-refractivity contribution in [3.63, 3.8) is 0 Å². The SMILES string of the molecule is C[C@H]1CNCCN1C(=O)CCNC(=O)c1cc(F)ccc1Br. The van der Waals surface area contributed by atoms with Gasteiger partial charge in [0.25, 0.3) is 5.91 Å². The predicted octanol–water partition coefficient (Wildman–Crippen LogP) is 1.53. The Labute approximate surface area is 137 Å². The molecule has 0 aliphatic carbocycles. The Morgan fingerprint density at radius 3 is 3.00 bits per heavy atom. The Kier molecular flexibility index (Phi) is 5.90. The molecule has 0 spiro atoms. The third-order valence-electron chi connectivity index (χ3n) is 3.62. The van der Waals surface area contributed by atoms with Crippen LogP contribution in [0.5, 0.6) is 0 Å². The number of piperazine rings is 1. The summed E-state index contributed by atoms with van der Waals surface area (Å²) >= 11 is 3.21. The van der Waals surface area contributed by atoms with Gasteiger partial charge in [0.2, 0.25) is 5.91 Å². The average molecular weight is 372 g/mol. The molecule has 2 rings (SSSR count). The fourth-order valence-electron chi connectivity index (χ4n) is 2.40. The predicted molar refractivity (Wildman–Crippen MR) is 85.1 cm³/mol. The molecule has 0 bridgehead atoms. The first-order chi connectivity index (χ1) is 10.5. The number of nitrogens with zero attached hydrogens (tertiary/aromatic N) is 1. The van der Waals surface area contributed by atoms with E-state index in [9.17, 15) is 14.0 Å². The van der Waals surface area contributed by atoms with E-state index in [2.05, 4.69) is 26.6 Å². The van der Waals surface area contributed by atoms with E-state index in [0.717, 1.165) is 13.1 Å². The molecule has 22 heavy (non-hydrogen) atoms. The highest BCUT2D eigenvalue weighted by molar-refractivity contribution is 9.10. The van der Waals surface area contributed by atoms with Crippen molar-refractivity contribution in [3.8, 4) is 0 Å². The molecule has 1 aromatic rings. The van der Waals surface area contributed by atoms with Crippen LogP contribution in [0, 0.1) is 5.82 Å². The van der Waals surface area contributed by atoms with Gasteiger partial charge in [0.1, 0.15) is 5.82 Å². The zero-order valence-electron chi connectivity index (χ0n) is 12.4. The van der Waals surface area contributed by atoms with Crippen LogP contribution in [0.25, 0.3) is 0 Å². The van der Waals surface area contributed by atoms with Gasteiger partial charge in [-0.1, -0.05) is 0 Å². The molecule has 1 atom stereocenters. The fourth-order valence-corrected chi connectivity index (χ4v) is 2.83. The monoisotopic (exact) mass is 371 g/mol. The van der Waals surface area contributed by atoms with Crippen molar-refractivity contribution in [1.82, 2.24) is 15.5 Å². The number of halogens is 2. The molecule has 0 unspecified atom stereocenters. The van der Waals surface area contributed by atoms with Gasteiger partial charge in [-0.25, -0.2) is 4.39 Å². The van der Waals surface area contributed by atoms with Crippen LogP contribution in [-0.2, 0) is 4.79 Å². The Morgan fingerprint density at radius 2 is 2.27 bits per heavy atom. The van der Waals surface area contributed by atoms with E-state index in [1.54, 1.807) is 0 Å².